The van der Waals surface area contributed by atoms with Crippen molar-refractivity contribution in [2.45, 2.75) is 13.0 Å². The zero-order valence-electron chi connectivity index (χ0n) is 16.3. The van der Waals surface area contributed by atoms with E-state index < -0.39 is 0 Å². The van der Waals surface area contributed by atoms with E-state index in [4.69, 9.17) is 9.47 Å². The number of ether oxygens (including phenoxy) is 2. The van der Waals surface area contributed by atoms with E-state index in [1.54, 1.807) is 7.05 Å². The number of hydrogen-bond acceptors (Lipinski definition) is 5. The predicted octanol–water partition coefficient (Wildman–Crippen LogP) is 0.887. The second kappa shape index (κ2) is 7.09. The maximum atomic E-state index is 12.7. The number of benzene rings is 1. The summed E-state index contributed by atoms with van der Waals surface area (Å²) in [4.78, 5) is 31.1. The normalized spacial score (nSPS) is 29.0. The number of carbonyl (C=O) groups excluding carboxylic acids is 2. The van der Waals surface area contributed by atoms with Crippen LogP contribution in [0.15, 0.2) is 35.3 Å². The molecule has 1 saturated heterocycles. The minimum absolute atomic E-state index is 0.0121. The van der Waals surface area contributed by atoms with Crippen molar-refractivity contribution in [3.05, 3.63) is 35.9 Å². The fraction of sp³-hybridized carbons (Fsp3) is 0.476. The van der Waals surface area contributed by atoms with Gasteiger partial charge in [-0.3, -0.25) is 19.5 Å². The van der Waals surface area contributed by atoms with Crippen molar-refractivity contribution in [1.29, 1.82) is 0 Å². The van der Waals surface area contributed by atoms with E-state index in [0.29, 0.717) is 25.6 Å². The first-order valence-electron chi connectivity index (χ1n) is 10.0. The molecule has 4 unspecified atom stereocenters. The number of likely N-dealkylation sites (tertiary alicyclic amines) is 1. The number of fused-ring (bicyclic) bond motifs is 6. The van der Waals surface area contributed by atoms with Crippen molar-refractivity contribution in [1.82, 2.24) is 15.5 Å². The van der Waals surface area contributed by atoms with Gasteiger partial charge in [0.1, 0.15) is 0 Å². The fourth-order valence-electron chi connectivity index (χ4n) is 4.93. The Morgan fingerprint density at radius 3 is 2.55 bits per heavy atom. The third-order valence-corrected chi connectivity index (χ3v) is 6.31. The molecular formula is C21H24N4O4. The minimum Gasteiger partial charge on any atom is -0.454 e. The Balaban J connectivity index is 1.12. The molecule has 0 aromatic heterocycles. The molecule has 1 saturated carbocycles. The molecule has 2 bridgehead atoms. The standard InChI is InChI=1S/C21H24N4O4/c1-22-21(24-10-12-2-5-15-16(8-12)29-11-28-15)23-6-7-25-19(26)17-13-3-4-14(9-13)18(17)20(25)27/h2-5,8,13-14,17-18H,6-7,9-11H2,1H3,(H2,22,23,24). The molecule has 0 spiro atoms. The molecule has 2 amide bonds. The van der Waals surface area contributed by atoms with Crippen LogP contribution in [0, 0.1) is 23.7 Å². The summed E-state index contributed by atoms with van der Waals surface area (Å²) >= 11 is 0. The van der Waals surface area contributed by atoms with Gasteiger partial charge in [-0.2, -0.15) is 0 Å². The summed E-state index contributed by atoms with van der Waals surface area (Å²) in [6.45, 7) is 1.63. The lowest BCUT2D eigenvalue weighted by Gasteiger charge is -2.18. The third kappa shape index (κ3) is 3.03. The van der Waals surface area contributed by atoms with E-state index in [0.717, 1.165) is 23.5 Å². The lowest BCUT2D eigenvalue weighted by atomic mass is 9.85. The molecule has 2 aliphatic carbocycles. The lowest BCUT2D eigenvalue weighted by Crippen LogP contribution is -2.43. The number of imide groups is 1. The zero-order valence-corrected chi connectivity index (χ0v) is 16.3. The van der Waals surface area contributed by atoms with Crippen LogP contribution in [0.2, 0.25) is 0 Å². The maximum Gasteiger partial charge on any atom is 0.233 e. The highest BCUT2D eigenvalue weighted by molar-refractivity contribution is 6.06. The van der Waals surface area contributed by atoms with Crippen molar-refractivity contribution >= 4 is 17.8 Å². The largest absolute Gasteiger partial charge is 0.454 e. The number of carbonyl (C=O) groups is 2. The van der Waals surface area contributed by atoms with Gasteiger partial charge in [0.15, 0.2) is 17.5 Å². The molecular weight excluding hydrogens is 372 g/mol. The van der Waals surface area contributed by atoms with Gasteiger partial charge in [-0.15, -0.1) is 0 Å². The Morgan fingerprint density at radius 2 is 1.83 bits per heavy atom. The van der Waals surface area contributed by atoms with Gasteiger partial charge in [-0.25, -0.2) is 0 Å². The Bertz CT molecular complexity index is 882. The van der Waals surface area contributed by atoms with Crippen LogP contribution in [0.1, 0.15) is 12.0 Å². The topological polar surface area (TPSA) is 92.3 Å². The van der Waals surface area contributed by atoms with Crippen LogP contribution in [-0.2, 0) is 16.1 Å². The molecule has 2 aliphatic heterocycles. The van der Waals surface area contributed by atoms with Crippen LogP contribution in [0.4, 0.5) is 0 Å². The average Bonchev–Trinajstić information content (AvgIpc) is 3.50. The molecule has 2 heterocycles. The highest BCUT2D eigenvalue weighted by atomic mass is 16.7. The van der Waals surface area contributed by atoms with E-state index in [1.807, 2.05) is 18.2 Å². The van der Waals surface area contributed by atoms with E-state index in [9.17, 15) is 9.59 Å². The van der Waals surface area contributed by atoms with Gasteiger partial charge in [-0.1, -0.05) is 18.2 Å². The highest BCUT2D eigenvalue weighted by Gasteiger charge is 2.58. The third-order valence-electron chi connectivity index (χ3n) is 6.31. The molecule has 0 radical (unpaired) electrons. The van der Waals surface area contributed by atoms with Crippen LogP contribution in [-0.4, -0.2) is 49.6 Å². The molecule has 1 aromatic carbocycles. The first-order chi connectivity index (χ1) is 14.2. The van der Waals surface area contributed by atoms with Gasteiger partial charge in [0.05, 0.1) is 11.8 Å². The molecule has 1 aromatic rings. The fourth-order valence-corrected chi connectivity index (χ4v) is 4.93. The maximum absolute atomic E-state index is 12.7. The number of nitrogens with zero attached hydrogens (tertiary/aromatic N) is 2. The number of aliphatic imine (C=N–C) groups is 1. The Labute approximate surface area is 168 Å². The van der Waals surface area contributed by atoms with Crippen molar-refractivity contribution < 1.29 is 19.1 Å². The Morgan fingerprint density at radius 1 is 1.10 bits per heavy atom. The lowest BCUT2D eigenvalue weighted by molar-refractivity contribution is -0.140. The minimum atomic E-state index is -0.138. The van der Waals surface area contributed by atoms with E-state index in [1.165, 1.54) is 4.90 Å². The summed E-state index contributed by atoms with van der Waals surface area (Å²) < 4.78 is 10.7. The van der Waals surface area contributed by atoms with Gasteiger partial charge < -0.3 is 20.1 Å². The average molecular weight is 396 g/mol. The summed E-state index contributed by atoms with van der Waals surface area (Å²) in [5, 5.41) is 6.42. The number of amides is 2. The van der Waals surface area contributed by atoms with Gasteiger partial charge in [0.25, 0.3) is 0 Å². The zero-order chi connectivity index (χ0) is 20.0. The molecule has 29 heavy (non-hydrogen) atoms. The van der Waals surface area contributed by atoms with Gasteiger partial charge in [0.2, 0.25) is 18.6 Å². The van der Waals surface area contributed by atoms with E-state index in [-0.39, 0.29) is 42.3 Å². The van der Waals surface area contributed by atoms with Crippen molar-refractivity contribution in [3.63, 3.8) is 0 Å². The molecule has 5 rings (SSSR count). The summed E-state index contributed by atoms with van der Waals surface area (Å²) in [5.41, 5.74) is 1.04. The first kappa shape index (κ1) is 18.0. The highest BCUT2D eigenvalue weighted by Crippen LogP contribution is 2.52. The van der Waals surface area contributed by atoms with Crippen molar-refractivity contribution in [2.24, 2.45) is 28.7 Å². The quantitative estimate of drug-likeness (QED) is 0.332. The van der Waals surface area contributed by atoms with Gasteiger partial charge >= 0.3 is 0 Å². The number of hydrogen-bond donors (Lipinski definition) is 2. The molecule has 2 N–H and O–H groups in total. The second-order valence-electron chi connectivity index (χ2n) is 7.87. The second-order valence-corrected chi connectivity index (χ2v) is 7.87. The summed E-state index contributed by atoms with van der Waals surface area (Å²) in [7, 11) is 1.69. The number of nitrogens with one attached hydrogen (secondary N) is 2. The predicted molar refractivity (Wildman–Crippen MR) is 105 cm³/mol. The smallest absolute Gasteiger partial charge is 0.233 e. The Kier molecular flexibility index (Phi) is 4.41. The SMILES string of the molecule is CN=C(NCCN1C(=O)C2C3C=CC(C3)C2C1=O)NCc1ccc2c(c1)OCO2. The Hall–Kier alpha value is -3.03. The van der Waals surface area contributed by atoms with Crippen LogP contribution in [0.3, 0.4) is 0 Å². The van der Waals surface area contributed by atoms with Crippen LogP contribution >= 0.6 is 0 Å². The molecule has 8 heteroatoms. The number of rotatable bonds is 5. The van der Waals surface area contributed by atoms with Crippen molar-refractivity contribution in [2.75, 3.05) is 26.9 Å². The molecule has 4 atom stereocenters. The summed E-state index contributed by atoms with van der Waals surface area (Å²) in [6.07, 6.45) is 5.18. The molecule has 4 aliphatic rings. The molecule has 8 nitrogen and oxygen atoms in total. The first-order valence-corrected chi connectivity index (χ1v) is 10.0. The van der Waals surface area contributed by atoms with Gasteiger partial charge in [-0.05, 0) is 36.0 Å². The summed E-state index contributed by atoms with van der Waals surface area (Å²) in [6, 6.07) is 5.79. The molecule has 2 fully saturated rings. The number of allylic oxidation sites excluding steroid dienone is 2. The monoisotopic (exact) mass is 396 g/mol. The van der Waals surface area contributed by atoms with Gasteiger partial charge in [0, 0.05) is 26.7 Å². The van der Waals surface area contributed by atoms with Crippen molar-refractivity contribution in [3.8, 4) is 11.5 Å². The van der Waals surface area contributed by atoms with E-state index in [2.05, 4.69) is 27.8 Å². The van der Waals surface area contributed by atoms with Crippen LogP contribution in [0.25, 0.3) is 0 Å². The van der Waals surface area contributed by atoms with Crippen LogP contribution < -0.4 is 20.1 Å². The summed E-state index contributed by atoms with van der Waals surface area (Å²) in [5.74, 6) is 2.30. The molecule has 152 valence electrons. The number of guanidine groups is 1. The van der Waals surface area contributed by atoms with Crippen LogP contribution in [0.5, 0.6) is 11.5 Å². The van der Waals surface area contributed by atoms with E-state index >= 15 is 0 Å².